The smallest absolute Gasteiger partial charge is 0.314 e. The van der Waals surface area contributed by atoms with Crippen LogP contribution in [0.4, 0.5) is 4.79 Å². The standard InChI is InChI=1S/C11H21N3O3/c1-3-4-13-9-5-8(10(15)17-2)6-14(7-9)11(12)16/h8-9,13H,3-7H2,1-2H3,(H2,12,16). The maximum Gasteiger partial charge on any atom is 0.314 e. The van der Waals surface area contributed by atoms with Crippen LogP contribution in [0.25, 0.3) is 0 Å². The van der Waals surface area contributed by atoms with E-state index in [1.165, 1.54) is 12.0 Å². The van der Waals surface area contributed by atoms with E-state index in [0.717, 1.165) is 13.0 Å². The molecule has 0 aromatic carbocycles. The topological polar surface area (TPSA) is 84.7 Å². The summed E-state index contributed by atoms with van der Waals surface area (Å²) in [5.74, 6) is -0.560. The predicted molar refractivity (Wildman–Crippen MR) is 63.4 cm³/mol. The number of urea groups is 1. The van der Waals surface area contributed by atoms with Crippen LogP contribution in [0.3, 0.4) is 0 Å². The highest BCUT2D eigenvalue weighted by Crippen LogP contribution is 2.18. The first-order valence-electron chi connectivity index (χ1n) is 5.94. The molecule has 0 aromatic rings. The van der Waals surface area contributed by atoms with Gasteiger partial charge in [0.1, 0.15) is 0 Å². The zero-order valence-corrected chi connectivity index (χ0v) is 10.4. The van der Waals surface area contributed by atoms with Gasteiger partial charge < -0.3 is 20.7 Å². The van der Waals surface area contributed by atoms with Crippen LogP contribution in [0.5, 0.6) is 0 Å². The van der Waals surface area contributed by atoms with E-state index in [9.17, 15) is 9.59 Å². The Bertz CT molecular complexity index is 283. The van der Waals surface area contributed by atoms with E-state index in [0.29, 0.717) is 19.5 Å². The quantitative estimate of drug-likeness (QED) is 0.677. The summed E-state index contributed by atoms with van der Waals surface area (Å²) in [4.78, 5) is 24.2. The van der Waals surface area contributed by atoms with Crippen molar-refractivity contribution in [3.63, 3.8) is 0 Å². The lowest BCUT2D eigenvalue weighted by atomic mass is 9.94. The molecular formula is C11H21N3O3. The van der Waals surface area contributed by atoms with E-state index in [4.69, 9.17) is 10.5 Å². The molecule has 0 aromatic heterocycles. The zero-order chi connectivity index (χ0) is 12.8. The van der Waals surface area contributed by atoms with Gasteiger partial charge in [-0.1, -0.05) is 6.92 Å². The number of piperidine rings is 1. The fourth-order valence-electron chi connectivity index (χ4n) is 2.11. The molecule has 1 fully saturated rings. The van der Waals surface area contributed by atoms with Crippen molar-refractivity contribution in [2.75, 3.05) is 26.7 Å². The van der Waals surface area contributed by atoms with Gasteiger partial charge in [-0.25, -0.2) is 4.79 Å². The lowest BCUT2D eigenvalue weighted by molar-refractivity contribution is -0.147. The maximum absolute atomic E-state index is 11.5. The minimum atomic E-state index is -0.484. The van der Waals surface area contributed by atoms with E-state index in [1.807, 2.05) is 0 Å². The Morgan fingerprint density at radius 2 is 2.18 bits per heavy atom. The van der Waals surface area contributed by atoms with Gasteiger partial charge in [0.15, 0.2) is 0 Å². The number of nitrogens with one attached hydrogen (secondary N) is 1. The normalized spacial score (nSPS) is 24.5. The number of esters is 1. The van der Waals surface area contributed by atoms with Gasteiger partial charge in [-0.15, -0.1) is 0 Å². The highest BCUT2D eigenvalue weighted by molar-refractivity contribution is 5.76. The summed E-state index contributed by atoms with van der Waals surface area (Å²) >= 11 is 0. The number of nitrogens with two attached hydrogens (primary N) is 1. The van der Waals surface area contributed by atoms with Crippen molar-refractivity contribution < 1.29 is 14.3 Å². The Hall–Kier alpha value is -1.30. The molecular weight excluding hydrogens is 222 g/mol. The summed E-state index contributed by atoms with van der Waals surface area (Å²) in [7, 11) is 1.36. The second-order valence-corrected chi connectivity index (χ2v) is 4.35. The molecule has 6 nitrogen and oxygen atoms in total. The second kappa shape index (κ2) is 6.44. The first kappa shape index (κ1) is 13.8. The van der Waals surface area contributed by atoms with Gasteiger partial charge in [-0.2, -0.15) is 0 Å². The predicted octanol–water partition coefficient (Wildman–Crippen LogP) is -0.0718. The van der Waals surface area contributed by atoms with Crippen molar-refractivity contribution in [2.45, 2.75) is 25.8 Å². The van der Waals surface area contributed by atoms with Gasteiger partial charge >= 0.3 is 12.0 Å². The molecule has 6 heteroatoms. The van der Waals surface area contributed by atoms with Crippen LogP contribution in [0, 0.1) is 5.92 Å². The number of rotatable bonds is 4. The highest BCUT2D eigenvalue weighted by Gasteiger charge is 2.33. The summed E-state index contributed by atoms with van der Waals surface area (Å²) < 4.78 is 4.73. The molecule has 0 radical (unpaired) electrons. The van der Waals surface area contributed by atoms with Crippen molar-refractivity contribution >= 4 is 12.0 Å². The van der Waals surface area contributed by atoms with E-state index in [1.54, 1.807) is 0 Å². The first-order valence-corrected chi connectivity index (χ1v) is 5.94. The average molecular weight is 243 g/mol. The molecule has 98 valence electrons. The third kappa shape index (κ3) is 3.89. The molecule has 0 aliphatic carbocycles. The molecule has 1 aliphatic rings. The number of hydrogen-bond acceptors (Lipinski definition) is 4. The van der Waals surface area contributed by atoms with Crippen molar-refractivity contribution in [3.05, 3.63) is 0 Å². The molecule has 1 aliphatic heterocycles. The number of methoxy groups -OCH3 is 1. The SMILES string of the molecule is CCCNC1CC(C(=O)OC)CN(C(N)=O)C1. The number of ether oxygens (including phenoxy) is 1. The third-order valence-corrected chi connectivity index (χ3v) is 2.98. The van der Waals surface area contributed by atoms with Gasteiger partial charge in [-0.3, -0.25) is 4.79 Å². The van der Waals surface area contributed by atoms with Crippen LogP contribution in [0.2, 0.25) is 0 Å². The summed E-state index contributed by atoms with van der Waals surface area (Å²) in [6.45, 7) is 3.85. The Kier molecular flexibility index (Phi) is 5.21. The molecule has 3 N–H and O–H groups in total. The van der Waals surface area contributed by atoms with Crippen molar-refractivity contribution in [2.24, 2.45) is 11.7 Å². The van der Waals surface area contributed by atoms with Gasteiger partial charge in [0.25, 0.3) is 0 Å². The number of hydrogen-bond donors (Lipinski definition) is 2. The van der Waals surface area contributed by atoms with Crippen LogP contribution >= 0.6 is 0 Å². The molecule has 1 heterocycles. The molecule has 17 heavy (non-hydrogen) atoms. The molecule has 2 atom stereocenters. The number of carbonyl (C=O) groups is 2. The lowest BCUT2D eigenvalue weighted by Gasteiger charge is -2.36. The molecule has 2 amide bonds. The van der Waals surface area contributed by atoms with E-state index in [2.05, 4.69) is 12.2 Å². The van der Waals surface area contributed by atoms with Crippen molar-refractivity contribution in [1.82, 2.24) is 10.2 Å². The fourth-order valence-corrected chi connectivity index (χ4v) is 2.11. The second-order valence-electron chi connectivity index (χ2n) is 4.35. The Labute approximate surface area is 101 Å². The number of amides is 2. The van der Waals surface area contributed by atoms with Crippen LogP contribution < -0.4 is 11.1 Å². The fraction of sp³-hybridized carbons (Fsp3) is 0.818. The van der Waals surface area contributed by atoms with Gasteiger partial charge in [0, 0.05) is 19.1 Å². The van der Waals surface area contributed by atoms with Gasteiger partial charge in [0.05, 0.1) is 13.0 Å². The zero-order valence-electron chi connectivity index (χ0n) is 10.4. The minimum Gasteiger partial charge on any atom is -0.469 e. The van der Waals surface area contributed by atoms with Gasteiger partial charge in [-0.05, 0) is 19.4 Å². The molecule has 0 spiro atoms. The van der Waals surface area contributed by atoms with E-state index in [-0.39, 0.29) is 17.9 Å². The number of nitrogens with zero attached hydrogens (tertiary/aromatic N) is 1. The van der Waals surface area contributed by atoms with Crippen LogP contribution in [0.1, 0.15) is 19.8 Å². The lowest BCUT2D eigenvalue weighted by Crippen LogP contribution is -2.54. The third-order valence-electron chi connectivity index (χ3n) is 2.98. The molecule has 1 rings (SSSR count). The summed E-state index contributed by atoms with van der Waals surface area (Å²) in [6.07, 6.45) is 1.70. The van der Waals surface area contributed by atoms with Crippen molar-refractivity contribution in [1.29, 1.82) is 0 Å². The molecule has 0 bridgehead atoms. The summed E-state index contributed by atoms with van der Waals surface area (Å²) in [5.41, 5.74) is 5.27. The van der Waals surface area contributed by atoms with Crippen LogP contribution in [-0.2, 0) is 9.53 Å². The molecule has 0 saturated carbocycles. The van der Waals surface area contributed by atoms with Gasteiger partial charge in [0.2, 0.25) is 0 Å². The highest BCUT2D eigenvalue weighted by atomic mass is 16.5. The Morgan fingerprint density at radius 3 is 2.71 bits per heavy atom. The van der Waals surface area contributed by atoms with Crippen molar-refractivity contribution in [3.8, 4) is 0 Å². The monoisotopic (exact) mass is 243 g/mol. The van der Waals surface area contributed by atoms with Crippen LogP contribution in [0.15, 0.2) is 0 Å². The first-order chi connectivity index (χ1) is 8.08. The van der Waals surface area contributed by atoms with E-state index >= 15 is 0 Å². The summed E-state index contributed by atoms with van der Waals surface area (Å²) in [6, 6.07) is -0.373. The molecule has 2 unspecified atom stereocenters. The summed E-state index contributed by atoms with van der Waals surface area (Å²) in [5, 5.41) is 3.31. The van der Waals surface area contributed by atoms with E-state index < -0.39 is 6.03 Å². The maximum atomic E-state index is 11.5. The minimum absolute atomic E-state index is 0.111. The number of likely N-dealkylation sites (tertiary alicyclic amines) is 1. The number of primary amides is 1. The number of carbonyl (C=O) groups excluding carboxylic acids is 2. The average Bonchev–Trinajstić information content (AvgIpc) is 2.34. The van der Waals surface area contributed by atoms with Crippen LogP contribution in [-0.4, -0.2) is 49.7 Å². The largest absolute Gasteiger partial charge is 0.469 e. The Balaban J connectivity index is 2.62. The Morgan fingerprint density at radius 1 is 1.47 bits per heavy atom. The molecule has 1 saturated heterocycles.